The summed E-state index contributed by atoms with van der Waals surface area (Å²) < 4.78 is 5.71. The van der Waals surface area contributed by atoms with Crippen molar-refractivity contribution >= 4 is 29.3 Å². The van der Waals surface area contributed by atoms with Crippen molar-refractivity contribution in [2.45, 2.75) is 6.92 Å². The topological polar surface area (TPSA) is 66.0 Å². The van der Waals surface area contributed by atoms with E-state index in [1.54, 1.807) is 30.3 Å². The SMILES string of the molecule is Cc1cccc(NC(=O)/C(C#N)=C\c2ccc(-c3ccc(Cl)cc3)o2)c1. The second-order valence-electron chi connectivity index (χ2n) is 5.70. The zero-order chi connectivity index (χ0) is 18.5. The molecule has 0 unspecified atom stereocenters. The molecule has 0 aliphatic heterocycles. The van der Waals surface area contributed by atoms with Crippen LogP contribution in [0.1, 0.15) is 11.3 Å². The Morgan fingerprint density at radius 2 is 1.92 bits per heavy atom. The van der Waals surface area contributed by atoms with Gasteiger partial charge in [-0.1, -0.05) is 23.7 Å². The number of aryl methyl sites for hydroxylation is 1. The van der Waals surface area contributed by atoms with Crippen LogP contribution in [0.15, 0.2) is 70.7 Å². The summed E-state index contributed by atoms with van der Waals surface area (Å²) in [6.07, 6.45) is 1.42. The molecule has 1 amide bonds. The Labute approximate surface area is 156 Å². The summed E-state index contributed by atoms with van der Waals surface area (Å²) >= 11 is 5.88. The molecule has 128 valence electrons. The van der Waals surface area contributed by atoms with Gasteiger partial charge in [0.1, 0.15) is 23.2 Å². The van der Waals surface area contributed by atoms with Crippen molar-refractivity contribution in [3.05, 3.63) is 82.6 Å². The molecule has 3 rings (SSSR count). The van der Waals surface area contributed by atoms with Gasteiger partial charge >= 0.3 is 0 Å². The number of nitrogens with zero attached hydrogens (tertiary/aromatic N) is 1. The third-order valence-corrected chi connectivity index (χ3v) is 3.94. The first-order chi connectivity index (χ1) is 12.5. The Morgan fingerprint density at radius 1 is 1.15 bits per heavy atom. The lowest BCUT2D eigenvalue weighted by Crippen LogP contribution is -2.13. The zero-order valence-electron chi connectivity index (χ0n) is 14.0. The van der Waals surface area contributed by atoms with Crippen LogP contribution in [0.4, 0.5) is 5.69 Å². The van der Waals surface area contributed by atoms with Crippen LogP contribution in [-0.2, 0) is 4.79 Å². The summed E-state index contributed by atoms with van der Waals surface area (Å²) in [4.78, 5) is 12.3. The van der Waals surface area contributed by atoms with E-state index >= 15 is 0 Å². The molecule has 1 heterocycles. The molecule has 0 fully saturated rings. The van der Waals surface area contributed by atoms with E-state index in [1.165, 1.54) is 6.08 Å². The fourth-order valence-corrected chi connectivity index (χ4v) is 2.54. The number of benzene rings is 2. The minimum absolute atomic E-state index is 0.0384. The maximum Gasteiger partial charge on any atom is 0.266 e. The summed E-state index contributed by atoms with van der Waals surface area (Å²) in [5, 5.41) is 12.7. The van der Waals surface area contributed by atoms with Crippen LogP contribution in [-0.4, -0.2) is 5.91 Å². The van der Waals surface area contributed by atoms with Crippen LogP contribution < -0.4 is 5.32 Å². The third kappa shape index (κ3) is 4.21. The Kier molecular flexibility index (Phi) is 5.21. The lowest BCUT2D eigenvalue weighted by Gasteiger charge is -2.04. The maximum atomic E-state index is 12.3. The van der Waals surface area contributed by atoms with Gasteiger partial charge in [-0.2, -0.15) is 5.26 Å². The maximum absolute atomic E-state index is 12.3. The van der Waals surface area contributed by atoms with Crippen molar-refractivity contribution in [1.82, 2.24) is 0 Å². The van der Waals surface area contributed by atoms with E-state index in [0.29, 0.717) is 22.2 Å². The van der Waals surface area contributed by atoms with Gasteiger partial charge in [-0.3, -0.25) is 4.79 Å². The predicted octanol–water partition coefficient (Wildman–Crippen LogP) is 5.45. The van der Waals surface area contributed by atoms with E-state index in [1.807, 2.05) is 43.3 Å². The van der Waals surface area contributed by atoms with E-state index in [-0.39, 0.29) is 5.57 Å². The molecular formula is C21H15ClN2O2. The highest BCUT2D eigenvalue weighted by Gasteiger charge is 2.11. The van der Waals surface area contributed by atoms with Gasteiger partial charge in [-0.05, 0) is 61.0 Å². The number of rotatable bonds is 4. The number of nitriles is 1. The number of anilines is 1. The van der Waals surface area contributed by atoms with E-state index in [4.69, 9.17) is 16.0 Å². The number of carbonyl (C=O) groups excluding carboxylic acids is 1. The minimum atomic E-state index is -0.484. The molecule has 4 nitrogen and oxygen atoms in total. The van der Waals surface area contributed by atoms with Crippen molar-refractivity contribution in [3.8, 4) is 17.4 Å². The lowest BCUT2D eigenvalue weighted by atomic mass is 10.2. The van der Waals surface area contributed by atoms with E-state index in [9.17, 15) is 10.1 Å². The lowest BCUT2D eigenvalue weighted by molar-refractivity contribution is -0.112. The van der Waals surface area contributed by atoms with Crippen molar-refractivity contribution < 1.29 is 9.21 Å². The average molecular weight is 363 g/mol. The fourth-order valence-electron chi connectivity index (χ4n) is 2.41. The van der Waals surface area contributed by atoms with Gasteiger partial charge in [0.2, 0.25) is 0 Å². The number of hydrogen-bond acceptors (Lipinski definition) is 3. The Bertz CT molecular complexity index is 1010. The highest BCUT2D eigenvalue weighted by Crippen LogP contribution is 2.25. The molecule has 1 N–H and O–H groups in total. The van der Waals surface area contributed by atoms with Crippen LogP contribution in [0.3, 0.4) is 0 Å². The van der Waals surface area contributed by atoms with Gasteiger partial charge in [0.05, 0.1) is 0 Å². The molecule has 3 aromatic rings. The summed E-state index contributed by atoms with van der Waals surface area (Å²) in [5.41, 5.74) is 2.47. The monoisotopic (exact) mass is 362 g/mol. The summed E-state index contributed by atoms with van der Waals surface area (Å²) in [5.74, 6) is 0.567. The van der Waals surface area contributed by atoms with Gasteiger partial charge in [-0.15, -0.1) is 0 Å². The molecule has 2 aromatic carbocycles. The predicted molar refractivity (Wildman–Crippen MR) is 103 cm³/mol. The van der Waals surface area contributed by atoms with Crippen LogP contribution in [0.25, 0.3) is 17.4 Å². The van der Waals surface area contributed by atoms with Gasteiger partial charge in [0.25, 0.3) is 5.91 Å². The van der Waals surface area contributed by atoms with E-state index < -0.39 is 5.91 Å². The smallest absolute Gasteiger partial charge is 0.266 e. The molecule has 0 atom stereocenters. The van der Waals surface area contributed by atoms with Crippen LogP contribution in [0, 0.1) is 18.3 Å². The normalized spacial score (nSPS) is 11.0. The summed E-state index contributed by atoms with van der Waals surface area (Å²) in [6, 6.07) is 20.0. The Hall–Kier alpha value is -3.29. The summed E-state index contributed by atoms with van der Waals surface area (Å²) in [6.45, 7) is 1.93. The first kappa shape index (κ1) is 17.5. The van der Waals surface area contributed by atoms with Crippen molar-refractivity contribution in [2.75, 3.05) is 5.32 Å². The number of hydrogen-bond donors (Lipinski definition) is 1. The second kappa shape index (κ2) is 7.73. The fraction of sp³-hybridized carbons (Fsp3) is 0.0476. The molecule has 0 saturated carbocycles. The van der Waals surface area contributed by atoms with Gasteiger partial charge in [-0.25, -0.2) is 0 Å². The zero-order valence-corrected chi connectivity index (χ0v) is 14.7. The molecular weight excluding hydrogens is 348 g/mol. The van der Waals surface area contributed by atoms with Crippen molar-refractivity contribution in [3.63, 3.8) is 0 Å². The first-order valence-corrected chi connectivity index (χ1v) is 8.28. The van der Waals surface area contributed by atoms with Crippen LogP contribution in [0.5, 0.6) is 0 Å². The summed E-state index contributed by atoms with van der Waals surface area (Å²) in [7, 11) is 0. The highest BCUT2D eigenvalue weighted by atomic mass is 35.5. The van der Waals surface area contributed by atoms with Crippen LogP contribution >= 0.6 is 11.6 Å². The number of carbonyl (C=O) groups is 1. The molecule has 26 heavy (non-hydrogen) atoms. The molecule has 0 saturated heterocycles. The molecule has 0 aliphatic rings. The second-order valence-corrected chi connectivity index (χ2v) is 6.14. The average Bonchev–Trinajstić information content (AvgIpc) is 3.09. The quantitative estimate of drug-likeness (QED) is 0.495. The van der Waals surface area contributed by atoms with Crippen LogP contribution in [0.2, 0.25) is 5.02 Å². The minimum Gasteiger partial charge on any atom is -0.457 e. The van der Waals surface area contributed by atoms with Crippen molar-refractivity contribution in [1.29, 1.82) is 5.26 Å². The number of halogens is 1. The van der Waals surface area contributed by atoms with Crippen molar-refractivity contribution in [2.24, 2.45) is 0 Å². The standard InChI is InChI=1S/C21H15ClN2O2/c1-14-3-2-4-18(11-14)24-21(25)16(13-23)12-19-9-10-20(26-19)15-5-7-17(22)8-6-15/h2-12H,1H3,(H,24,25)/b16-12-. The molecule has 0 radical (unpaired) electrons. The molecule has 0 bridgehead atoms. The molecule has 0 spiro atoms. The van der Waals surface area contributed by atoms with E-state index in [2.05, 4.69) is 5.32 Å². The number of amides is 1. The third-order valence-electron chi connectivity index (χ3n) is 3.68. The largest absolute Gasteiger partial charge is 0.457 e. The Morgan fingerprint density at radius 3 is 2.62 bits per heavy atom. The number of nitrogens with one attached hydrogen (secondary N) is 1. The first-order valence-electron chi connectivity index (χ1n) is 7.91. The van der Waals surface area contributed by atoms with E-state index in [0.717, 1.165) is 11.1 Å². The highest BCUT2D eigenvalue weighted by molar-refractivity contribution is 6.30. The number of furan rings is 1. The van der Waals surface area contributed by atoms with Gasteiger partial charge in [0.15, 0.2) is 0 Å². The van der Waals surface area contributed by atoms with Gasteiger partial charge in [0, 0.05) is 22.3 Å². The molecule has 1 aromatic heterocycles. The van der Waals surface area contributed by atoms with Gasteiger partial charge < -0.3 is 9.73 Å². The molecule has 5 heteroatoms. The Balaban J connectivity index is 1.80. The molecule has 0 aliphatic carbocycles.